The molecule has 0 unspecified atom stereocenters. The Morgan fingerprint density at radius 3 is 2.91 bits per heavy atom. The van der Waals surface area contributed by atoms with Crippen molar-refractivity contribution in [3.63, 3.8) is 0 Å². The number of pyridine rings is 1. The first-order valence-corrected chi connectivity index (χ1v) is 7.29. The summed E-state index contributed by atoms with van der Waals surface area (Å²) in [4.78, 5) is 29.7. The first-order chi connectivity index (χ1) is 11.1. The van der Waals surface area contributed by atoms with Crippen molar-refractivity contribution in [3.8, 4) is 0 Å². The number of carbonyl (C=O) groups is 2. The first kappa shape index (κ1) is 15.2. The third kappa shape index (κ3) is 2.96. The van der Waals surface area contributed by atoms with E-state index in [9.17, 15) is 9.59 Å². The highest BCUT2D eigenvalue weighted by Crippen LogP contribution is 2.27. The molecule has 2 heterocycles. The number of hydrogen-bond donors (Lipinski definition) is 0. The summed E-state index contributed by atoms with van der Waals surface area (Å²) in [5, 5.41) is 0.650. The standard InChI is InChI=1S/C17H13ClN2O3/c1-23-17(22)11-5-7-19-15(9-11)16(21)20-8-6-13-12(10-20)3-2-4-14(13)18/h2-9H,10H2,1H3. The molecule has 1 aromatic heterocycles. The number of halogens is 1. The maximum absolute atomic E-state index is 12.6. The summed E-state index contributed by atoms with van der Waals surface area (Å²) in [5.41, 5.74) is 2.34. The Kier molecular flexibility index (Phi) is 4.12. The lowest BCUT2D eigenvalue weighted by atomic mass is 10.0. The van der Waals surface area contributed by atoms with E-state index in [1.54, 1.807) is 12.3 Å². The highest BCUT2D eigenvalue weighted by molar-refractivity contribution is 6.32. The Labute approximate surface area is 138 Å². The van der Waals surface area contributed by atoms with Gasteiger partial charge < -0.3 is 9.64 Å². The monoisotopic (exact) mass is 328 g/mol. The summed E-state index contributed by atoms with van der Waals surface area (Å²) >= 11 is 6.14. The van der Waals surface area contributed by atoms with E-state index >= 15 is 0 Å². The molecule has 0 fully saturated rings. The van der Waals surface area contributed by atoms with Gasteiger partial charge >= 0.3 is 5.97 Å². The summed E-state index contributed by atoms with van der Waals surface area (Å²) in [6, 6.07) is 8.51. The molecule has 1 aromatic carbocycles. The number of hydrogen-bond acceptors (Lipinski definition) is 4. The zero-order valence-corrected chi connectivity index (χ0v) is 13.1. The molecule has 0 radical (unpaired) electrons. The molecule has 2 aromatic rings. The number of benzene rings is 1. The third-order valence-corrected chi connectivity index (χ3v) is 3.90. The summed E-state index contributed by atoms with van der Waals surface area (Å²) in [6.07, 6.45) is 4.88. The Bertz CT molecular complexity index is 817. The molecule has 1 amide bonds. The van der Waals surface area contributed by atoms with Crippen molar-refractivity contribution in [2.24, 2.45) is 0 Å². The highest BCUT2D eigenvalue weighted by Gasteiger charge is 2.21. The van der Waals surface area contributed by atoms with Crippen LogP contribution in [0.5, 0.6) is 0 Å². The van der Waals surface area contributed by atoms with Crippen LogP contribution in [0.2, 0.25) is 5.02 Å². The fourth-order valence-electron chi connectivity index (χ4n) is 2.39. The maximum Gasteiger partial charge on any atom is 0.337 e. The molecule has 6 heteroatoms. The first-order valence-electron chi connectivity index (χ1n) is 6.91. The number of esters is 1. The van der Waals surface area contributed by atoms with Crippen LogP contribution in [0.3, 0.4) is 0 Å². The van der Waals surface area contributed by atoms with Crippen LogP contribution in [-0.4, -0.2) is 28.9 Å². The van der Waals surface area contributed by atoms with Gasteiger partial charge in [0.15, 0.2) is 0 Å². The largest absolute Gasteiger partial charge is 0.465 e. The second-order valence-electron chi connectivity index (χ2n) is 4.98. The van der Waals surface area contributed by atoms with Crippen molar-refractivity contribution in [1.29, 1.82) is 0 Å². The molecule has 116 valence electrons. The molecule has 5 nitrogen and oxygen atoms in total. The van der Waals surface area contributed by atoms with Crippen LogP contribution in [0.4, 0.5) is 0 Å². The van der Waals surface area contributed by atoms with Gasteiger partial charge in [-0.1, -0.05) is 23.7 Å². The predicted octanol–water partition coefficient (Wildman–Crippen LogP) is 3.15. The summed E-state index contributed by atoms with van der Waals surface area (Å²) in [7, 11) is 1.29. The minimum atomic E-state index is -0.507. The van der Waals surface area contributed by atoms with Crippen molar-refractivity contribution in [2.45, 2.75) is 6.54 Å². The normalized spacial score (nSPS) is 12.7. The van der Waals surface area contributed by atoms with E-state index < -0.39 is 5.97 Å². The lowest BCUT2D eigenvalue weighted by molar-refractivity contribution is 0.0600. The average Bonchev–Trinajstić information content (AvgIpc) is 2.60. The SMILES string of the molecule is COC(=O)c1ccnc(C(=O)N2C=Cc3c(Cl)cccc3C2)c1. The van der Waals surface area contributed by atoms with Crippen LogP contribution >= 0.6 is 11.6 Å². The van der Waals surface area contributed by atoms with E-state index in [-0.39, 0.29) is 17.2 Å². The van der Waals surface area contributed by atoms with Crippen molar-refractivity contribution in [1.82, 2.24) is 9.88 Å². The van der Waals surface area contributed by atoms with E-state index in [0.29, 0.717) is 11.6 Å². The number of ether oxygens (including phenoxy) is 1. The Morgan fingerprint density at radius 1 is 1.30 bits per heavy atom. The van der Waals surface area contributed by atoms with Gasteiger partial charge in [0.1, 0.15) is 5.69 Å². The number of nitrogens with zero attached hydrogens (tertiary/aromatic N) is 2. The van der Waals surface area contributed by atoms with Gasteiger partial charge in [-0.25, -0.2) is 4.79 Å². The number of carbonyl (C=O) groups excluding carboxylic acids is 2. The smallest absolute Gasteiger partial charge is 0.337 e. The predicted molar refractivity (Wildman–Crippen MR) is 85.9 cm³/mol. The molecule has 23 heavy (non-hydrogen) atoms. The van der Waals surface area contributed by atoms with E-state index in [1.165, 1.54) is 30.3 Å². The summed E-state index contributed by atoms with van der Waals surface area (Å²) in [5.74, 6) is -0.801. The topological polar surface area (TPSA) is 59.5 Å². The van der Waals surface area contributed by atoms with Gasteiger partial charge in [-0.2, -0.15) is 0 Å². The number of aromatic nitrogens is 1. The lowest BCUT2D eigenvalue weighted by Crippen LogP contribution is -2.28. The molecule has 0 N–H and O–H groups in total. The molecule has 0 atom stereocenters. The van der Waals surface area contributed by atoms with Crippen LogP contribution in [0.1, 0.15) is 32.0 Å². The Morgan fingerprint density at radius 2 is 2.13 bits per heavy atom. The van der Waals surface area contributed by atoms with Crippen LogP contribution in [-0.2, 0) is 11.3 Å². The van der Waals surface area contributed by atoms with Gasteiger partial charge in [0.2, 0.25) is 0 Å². The van der Waals surface area contributed by atoms with Crippen molar-refractivity contribution >= 4 is 29.6 Å². The molecule has 0 bridgehead atoms. The third-order valence-electron chi connectivity index (χ3n) is 3.57. The van der Waals surface area contributed by atoms with Crippen LogP contribution < -0.4 is 0 Å². The fourth-order valence-corrected chi connectivity index (χ4v) is 2.64. The summed E-state index contributed by atoms with van der Waals surface area (Å²) in [6.45, 7) is 0.398. The Hall–Kier alpha value is -2.66. The number of methoxy groups -OCH3 is 1. The van der Waals surface area contributed by atoms with E-state index in [1.807, 2.05) is 18.2 Å². The van der Waals surface area contributed by atoms with Crippen molar-refractivity contribution < 1.29 is 14.3 Å². The number of rotatable bonds is 2. The molecule has 0 spiro atoms. The molecule has 1 aliphatic rings. The molecule has 0 aliphatic carbocycles. The van der Waals surface area contributed by atoms with Crippen LogP contribution in [0, 0.1) is 0 Å². The van der Waals surface area contributed by atoms with Gasteiger partial charge in [-0.15, -0.1) is 0 Å². The minimum absolute atomic E-state index is 0.183. The minimum Gasteiger partial charge on any atom is -0.465 e. The molecule has 0 saturated carbocycles. The molecular formula is C17H13ClN2O3. The maximum atomic E-state index is 12.6. The van der Waals surface area contributed by atoms with Gasteiger partial charge in [-0.3, -0.25) is 9.78 Å². The number of amides is 1. The fraction of sp³-hybridized carbons (Fsp3) is 0.118. The lowest BCUT2D eigenvalue weighted by Gasteiger charge is -2.23. The molecule has 3 rings (SSSR count). The summed E-state index contributed by atoms with van der Waals surface area (Å²) < 4.78 is 4.66. The van der Waals surface area contributed by atoms with E-state index in [2.05, 4.69) is 9.72 Å². The van der Waals surface area contributed by atoms with Gasteiger partial charge in [0.25, 0.3) is 5.91 Å². The molecule has 0 saturated heterocycles. The second-order valence-corrected chi connectivity index (χ2v) is 5.39. The van der Waals surface area contributed by atoms with E-state index in [4.69, 9.17) is 11.6 Å². The van der Waals surface area contributed by atoms with Crippen molar-refractivity contribution in [3.05, 3.63) is 70.1 Å². The van der Waals surface area contributed by atoms with Crippen LogP contribution in [0.15, 0.2) is 42.7 Å². The van der Waals surface area contributed by atoms with E-state index in [0.717, 1.165) is 11.1 Å². The van der Waals surface area contributed by atoms with Gasteiger partial charge in [-0.05, 0) is 35.4 Å². The quantitative estimate of drug-likeness (QED) is 0.795. The van der Waals surface area contributed by atoms with Crippen LogP contribution in [0.25, 0.3) is 6.08 Å². The number of fused-ring (bicyclic) bond motifs is 1. The zero-order chi connectivity index (χ0) is 16.4. The second kappa shape index (κ2) is 6.22. The Balaban J connectivity index is 1.87. The van der Waals surface area contributed by atoms with Crippen molar-refractivity contribution in [2.75, 3.05) is 7.11 Å². The average molecular weight is 329 g/mol. The zero-order valence-electron chi connectivity index (χ0n) is 12.3. The van der Waals surface area contributed by atoms with Gasteiger partial charge in [0.05, 0.1) is 19.2 Å². The highest BCUT2D eigenvalue weighted by atomic mass is 35.5. The molecule has 1 aliphatic heterocycles. The molecular weight excluding hydrogens is 316 g/mol. The van der Waals surface area contributed by atoms with Gasteiger partial charge in [0, 0.05) is 17.4 Å².